The first-order chi connectivity index (χ1) is 16.9. The summed E-state index contributed by atoms with van der Waals surface area (Å²) < 4.78 is 44.7. The van der Waals surface area contributed by atoms with E-state index < -0.39 is 17.6 Å². The fraction of sp³-hybridized carbons (Fsp3) is 0.444. The lowest BCUT2D eigenvalue weighted by atomic mass is 9.78. The molecular formula is C27H31F3N4O2. The predicted molar refractivity (Wildman–Crippen MR) is 135 cm³/mol. The summed E-state index contributed by atoms with van der Waals surface area (Å²) in [7, 11) is 0. The van der Waals surface area contributed by atoms with E-state index in [0.29, 0.717) is 31.3 Å². The van der Waals surface area contributed by atoms with Gasteiger partial charge in [0.15, 0.2) is 5.84 Å². The highest BCUT2D eigenvalue weighted by Gasteiger charge is 2.36. The van der Waals surface area contributed by atoms with Gasteiger partial charge in [0.1, 0.15) is 5.84 Å². The van der Waals surface area contributed by atoms with Crippen LogP contribution >= 0.6 is 0 Å². The highest BCUT2D eigenvalue weighted by molar-refractivity contribution is 6.10. The van der Waals surface area contributed by atoms with Crippen molar-refractivity contribution in [1.82, 2.24) is 4.90 Å². The number of anilines is 1. The number of nitrogens with zero attached hydrogens (tertiary/aromatic N) is 3. The van der Waals surface area contributed by atoms with Crippen molar-refractivity contribution in [3.8, 4) is 0 Å². The summed E-state index contributed by atoms with van der Waals surface area (Å²) in [5.74, 6) is 1.12. The summed E-state index contributed by atoms with van der Waals surface area (Å²) >= 11 is 0. The Kier molecular flexibility index (Phi) is 7.22. The average molecular weight is 501 g/mol. The number of rotatable bonds is 3. The highest BCUT2D eigenvalue weighted by atomic mass is 19.4. The molecule has 4 rings (SSSR count). The van der Waals surface area contributed by atoms with Crippen LogP contribution in [0.2, 0.25) is 0 Å². The van der Waals surface area contributed by atoms with Gasteiger partial charge in [0.2, 0.25) is 0 Å². The van der Waals surface area contributed by atoms with E-state index >= 15 is 0 Å². The minimum Gasteiger partial charge on any atom is -0.378 e. The van der Waals surface area contributed by atoms with E-state index in [4.69, 9.17) is 14.7 Å². The number of hydrogen-bond donors (Lipinski definition) is 1. The third-order valence-electron chi connectivity index (χ3n) is 6.52. The Balaban J connectivity index is 1.61. The third kappa shape index (κ3) is 5.78. The maximum atomic E-state index is 13.1. The molecule has 6 nitrogen and oxygen atoms in total. The first-order valence-corrected chi connectivity index (χ1v) is 12.0. The van der Waals surface area contributed by atoms with Gasteiger partial charge in [-0.2, -0.15) is 13.2 Å². The van der Waals surface area contributed by atoms with Crippen LogP contribution in [0, 0.1) is 18.3 Å². The molecule has 1 amide bonds. The summed E-state index contributed by atoms with van der Waals surface area (Å²) in [6.45, 7) is 11.9. The van der Waals surface area contributed by atoms with Gasteiger partial charge in [0.25, 0.3) is 5.91 Å². The van der Waals surface area contributed by atoms with Crippen molar-refractivity contribution in [2.45, 2.75) is 33.9 Å². The molecule has 1 unspecified atom stereocenters. The minimum absolute atomic E-state index is 0.0258. The van der Waals surface area contributed by atoms with Crippen LogP contribution in [-0.2, 0) is 10.9 Å². The molecule has 2 aliphatic heterocycles. The molecule has 1 saturated heterocycles. The number of amides is 1. The second kappa shape index (κ2) is 10.0. The second-order valence-electron chi connectivity index (χ2n) is 10.2. The van der Waals surface area contributed by atoms with Gasteiger partial charge in [-0.15, -0.1) is 0 Å². The number of morpholine rings is 1. The molecule has 0 bridgehead atoms. The quantitative estimate of drug-likeness (QED) is 0.612. The van der Waals surface area contributed by atoms with Crippen molar-refractivity contribution in [1.29, 1.82) is 0 Å². The molecule has 0 spiro atoms. The Morgan fingerprint density at radius 1 is 1.08 bits per heavy atom. The average Bonchev–Trinajstić information content (AvgIpc) is 2.84. The van der Waals surface area contributed by atoms with Crippen LogP contribution in [0.4, 0.5) is 18.9 Å². The third-order valence-corrected chi connectivity index (χ3v) is 6.52. The standard InChI is InChI=1S/C27H31F3N4O2/c1-17-8-9-20(32-25(35)18-6-5-7-19(14-18)27(28,29)30)15-21(17)23-31-16-22(26(2,3)4)24(33-23)34-10-12-36-13-11-34/h5-9,14-15,22H,10-13,16H2,1-4H3,(H,32,35). The minimum atomic E-state index is -4.52. The molecule has 36 heavy (non-hydrogen) atoms. The lowest BCUT2D eigenvalue weighted by Crippen LogP contribution is -2.49. The van der Waals surface area contributed by atoms with Crippen LogP contribution in [0.3, 0.4) is 0 Å². The molecule has 0 radical (unpaired) electrons. The Morgan fingerprint density at radius 2 is 1.81 bits per heavy atom. The molecule has 2 heterocycles. The number of aliphatic imine (C=N–C) groups is 2. The van der Waals surface area contributed by atoms with E-state index in [1.807, 2.05) is 13.0 Å². The van der Waals surface area contributed by atoms with Crippen molar-refractivity contribution in [2.24, 2.45) is 21.3 Å². The maximum absolute atomic E-state index is 13.1. The van der Waals surface area contributed by atoms with Crippen molar-refractivity contribution < 1.29 is 22.7 Å². The second-order valence-corrected chi connectivity index (χ2v) is 10.2. The molecule has 192 valence electrons. The van der Waals surface area contributed by atoms with Crippen LogP contribution in [0.1, 0.15) is 47.8 Å². The Labute approximate surface area is 209 Å². The molecule has 1 atom stereocenters. The number of alkyl halides is 3. The number of aryl methyl sites for hydroxylation is 1. The molecule has 2 aliphatic rings. The molecule has 0 aromatic heterocycles. The molecule has 2 aromatic carbocycles. The Hall–Kier alpha value is -3.20. The molecule has 9 heteroatoms. The lowest BCUT2D eigenvalue weighted by molar-refractivity contribution is -0.137. The number of amidine groups is 2. The van der Waals surface area contributed by atoms with Gasteiger partial charge < -0.3 is 15.0 Å². The molecule has 1 fully saturated rings. The zero-order chi connectivity index (χ0) is 26.1. The van der Waals surface area contributed by atoms with Crippen molar-refractivity contribution >= 4 is 23.3 Å². The topological polar surface area (TPSA) is 66.3 Å². The van der Waals surface area contributed by atoms with Crippen LogP contribution < -0.4 is 5.32 Å². The van der Waals surface area contributed by atoms with Crippen LogP contribution in [0.5, 0.6) is 0 Å². The van der Waals surface area contributed by atoms with Gasteiger partial charge in [0.05, 0.1) is 25.3 Å². The SMILES string of the molecule is Cc1ccc(NC(=O)c2cccc(C(F)(F)F)c2)cc1C1=NCC(C(C)(C)C)C(N2CCOCC2)=N1. The van der Waals surface area contributed by atoms with E-state index in [0.717, 1.165) is 42.2 Å². The summed E-state index contributed by atoms with van der Waals surface area (Å²) in [4.78, 5) is 24.8. The highest BCUT2D eigenvalue weighted by Crippen LogP contribution is 2.33. The normalized spacial score (nSPS) is 19.0. The zero-order valence-corrected chi connectivity index (χ0v) is 20.9. The Morgan fingerprint density at radius 3 is 2.47 bits per heavy atom. The maximum Gasteiger partial charge on any atom is 0.416 e. The number of hydrogen-bond acceptors (Lipinski definition) is 5. The van der Waals surface area contributed by atoms with Crippen LogP contribution in [-0.4, -0.2) is 55.3 Å². The number of carbonyl (C=O) groups is 1. The molecule has 1 N–H and O–H groups in total. The van der Waals surface area contributed by atoms with Crippen molar-refractivity contribution in [3.63, 3.8) is 0 Å². The van der Waals surface area contributed by atoms with Gasteiger partial charge in [-0.1, -0.05) is 32.9 Å². The van der Waals surface area contributed by atoms with E-state index in [2.05, 4.69) is 31.0 Å². The number of ether oxygens (including phenoxy) is 1. The van der Waals surface area contributed by atoms with E-state index in [9.17, 15) is 18.0 Å². The van der Waals surface area contributed by atoms with E-state index in [1.165, 1.54) is 12.1 Å². The number of benzene rings is 2. The predicted octanol–water partition coefficient (Wildman–Crippen LogP) is 5.42. The molecule has 0 saturated carbocycles. The summed E-state index contributed by atoms with van der Waals surface area (Å²) in [5.41, 5.74) is 1.21. The smallest absolute Gasteiger partial charge is 0.378 e. The molecule has 2 aromatic rings. The van der Waals surface area contributed by atoms with Crippen LogP contribution in [0.15, 0.2) is 52.4 Å². The van der Waals surface area contributed by atoms with Gasteiger partial charge in [0, 0.05) is 35.8 Å². The molecular weight excluding hydrogens is 469 g/mol. The fourth-order valence-electron chi connectivity index (χ4n) is 4.35. The largest absolute Gasteiger partial charge is 0.416 e. The number of carbonyl (C=O) groups excluding carboxylic acids is 1. The first kappa shape index (κ1) is 25.9. The lowest BCUT2D eigenvalue weighted by Gasteiger charge is -2.40. The monoisotopic (exact) mass is 500 g/mol. The summed E-state index contributed by atoms with van der Waals surface area (Å²) in [6.07, 6.45) is -4.52. The fourth-order valence-corrected chi connectivity index (χ4v) is 4.35. The summed E-state index contributed by atoms with van der Waals surface area (Å²) in [5, 5.41) is 2.71. The van der Waals surface area contributed by atoms with E-state index in [1.54, 1.807) is 12.1 Å². The molecule has 0 aliphatic carbocycles. The number of halogens is 3. The van der Waals surface area contributed by atoms with Gasteiger partial charge in [-0.3, -0.25) is 9.79 Å². The van der Waals surface area contributed by atoms with Gasteiger partial charge in [-0.25, -0.2) is 4.99 Å². The first-order valence-electron chi connectivity index (χ1n) is 12.0. The zero-order valence-electron chi connectivity index (χ0n) is 20.9. The van der Waals surface area contributed by atoms with Gasteiger partial charge >= 0.3 is 6.18 Å². The Bertz CT molecular complexity index is 1190. The van der Waals surface area contributed by atoms with Gasteiger partial charge in [-0.05, 0) is 48.2 Å². The van der Waals surface area contributed by atoms with Crippen molar-refractivity contribution in [2.75, 3.05) is 38.2 Å². The summed E-state index contributed by atoms with van der Waals surface area (Å²) in [6, 6.07) is 9.71. The van der Waals surface area contributed by atoms with Crippen molar-refractivity contribution in [3.05, 3.63) is 64.7 Å². The number of nitrogens with one attached hydrogen (secondary N) is 1. The van der Waals surface area contributed by atoms with E-state index in [-0.39, 0.29) is 16.9 Å². The van der Waals surface area contributed by atoms with Crippen LogP contribution in [0.25, 0.3) is 0 Å².